The third kappa shape index (κ3) is 3.53. The van der Waals surface area contributed by atoms with E-state index in [1.807, 2.05) is 26.0 Å². The summed E-state index contributed by atoms with van der Waals surface area (Å²) in [5, 5.41) is 0. The molecule has 0 saturated carbocycles. The van der Waals surface area contributed by atoms with Gasteiger partial charge in [0.15, 0.2) is 11.5 Å². The van der Waals surface area contributed by atoms with Crippen molar-refractivity contribution in [2.75, 3.05) is 14.2 Å². The molecule has 0 aliphatic heterocycles. The summed E-state index contributed by atoms with van der Waals surface area (Å²) in [5.41, 5.74) is 7.87. The van der Waals surface area contributed by atoms with Gasteiger partial charge in [-0.15, -0.1) is 0 Å². The molecule has 2 aromatic rings. The summed E-state index contributed by atoms with van der Waals surface area (Å²) in [6.45, 7) is 9.15. The molecule has 0 spiro atoms. The molecule has 2 N–H and O–H groups in total. The van der Waals surface area contributed by atoms with E-state index in [9.17, 15) is 0 Å². The first-order valence-electron chi connectivity index (χ1n) is 7.65. The Morgan fingerprint density at radius 2 is 1.77 bits per heavy atom. The second kappa shape index (κ2) is 6.16. The monoisotopic (exact) mass is 305 g/mol. The molecule has 1 aromatic carbocycles. The number of hydrogen-bond acceptors (Lipinski definition) is 4. The van der Waals surface area contributed by atoms with E-state index in [0.717, 1.165) is 23.3 Å². The second-order valence-electron chi connectivity index (χ2n) is 6.90. The van der Waals surface area contributed by atoms with Gasteiger partial charge in [0.25, 0.3) is 0 Å². The summed E-state index contributed by atoms with van der Waals surface area (Å²) in [7, 11) is 3.28. The SMILES string of the molecule is COc1cc2nc(CC(C)C)n(CC(C)(C)N)c2cc1OC. The number of nitrogens with zero attached hydrogens (tertiary/aromatic N) is 2. The first-order chi connectivity index (χ1) is 10.2. The number of imidazole rings is 1. The molecule has 0 aliphatic carbocycles. The van der Waals surface area contributed by atoms with E-state index in [-0.39, 0.29) is 5.54 Å². The maximum absolute atomic E-state index is 6.24. The van der Waals surface area contributed by atoms with Crippen LogP contribution in [0.25, 0.3) is 11.0 Å². The van der Waals surface area contributed by atoms with Gasteiger partial charge < -0.3 is 19.8 Å². The molecule has 0 amide bonds. The molecule has 0 bridgehead atoms. The molecule has 5 heteroatoms. The molecule has 22 heavy (non-hydrogen) atoms. The van der Waals surface area contributed by atoms with Crippen LogP contribution in [0.4, 0.5) is 0 Å². The van der Waals surface area contributed by atoms with Crippen LogP contribution < -0.4 is 15.2 Å². The minimum Gasteiger partial charge on any atom is -0.493 e. The standard InChI is InChI=1S/C17H27N3O2/c1-11(2)7-16-19-12-8-14(21-5)15(22-6)9-13(12)20(16)10-17(3,4)18/h8-9,11H,7,10,18H2,1-6H3. The fraction of sp³-hybridized carbons (Fsp3) is 0.588. The Bertz CT molecular complexity index is 654. The van der Waals surface area contributed by atoms with Gasteiger partial charge >= 0.3 is 0 Å². The van der Waals surface area contributed by atoms with Crippen LogP contribution >= 0.6 is 0 Å². The molecule has 2 rings (SSSR count). The minimum atomic E-state index is -0.313. The van der Waals surface area contributed by atoms with Gasteiger partial charge in [0.2, 0.25) is 0 Å². The lowest BCUT2D eigenvalue weighted by molar-refractivity contribution is 0.355. The number of hydrogen-bond donors (Lipinski definition) is 1. The highest BCUT2D eigenvalue weighted by Crippen LogP contribution is 2.33. The highest BCUT2D eigenvalue weighted by atomic mass is 16.5. The quantitative estimate of drug-likeness (QED) is 0.891. The van der Waals surface area contributed by atoms with Gasteiger partial charge in [0, 0.05) is 30.6 Å². The smallest absolute Gasteiger partial charge is 0.163 e. The molecule has 1 aromatic heterocycles. The van der Waals surface area contributed by atoms with Gasteiger partial charge in [0.05, 0.1) is 25.3 Å². The van der Waals surface area contributed by atoms with Crippen molar-refractivity contribution in [3.05, 3.63) is 18.0 Å². The Labute approximate surface area is 132 Å². The predicted molar refractivity (Wildman–Crippen MR) is 89.6 cm³/mol. The Balaban J connectivity index is 2.64. The lowest BCUT2D eigenvalue weighted by atomic mass is 10.1. The van der Waals surface area contributed by atoms with Gasteiger partial charge in [-0.3, -0.25) is 0 Å². The molecular weight excluding hydrogens is 278 g/mol. The largest absolute Gasteiger partial charge is 0.493 e. The van der Waals surface area contributed by atoms with Crippen molar-refractivity contribution in [1.82, 2.24) is 9.55 Å². The van der Waals surface area contributed by atoms with Crippen LogP contribution in [0.15, 0.2) is 12.1 Å². The first-order valence-corrected chi connectivity index (χ1v) is 7.65. The molecular formula is C17H27N3O2. The van der Waals surface area contributed by atoms with Crippen LogP contribution in [-0.2, 0) is 13.0 Å². The predicted octanol–water partition coefficient (Wildman–Crippen LogP) is 2.99. The van der Waals surface area contributed by atoms with Gasteiger partial charge in [-0.25, -0.2) is 4.98 Å². The van der Waals surface area contributed by atoms with Crippen molar-refractivity contribution in [1.29, 1.82) is 0 Å². The van der Waals surface area contributed by atoms with Crippen molar-refractivity contribution < 1.29 is 9.47 Å². The van der Waals surface area contributed by atoms with E-state index >= 15 is 0 Å². The minimum absolute atomic E-state index is 0.313. The molecule has 0 unspecified atom stereocenters. The molecule has 0 saturated heterocycles. The van der Waals surface area contributed by atoms with Gasteiger partial charge in [-0.2, -0.15) is 0 Å². The zero-order valence-electron chi connectivity index (χ0n) is 14.4. The maximum Gasteiger partial charge on any atom is 0.163 e. The summed E-state index contributed by atoms with van der Waals surface area (Å²) in [5.74, 6) is 2.99. The fourth-order valence-electron chi connectivity index (χ4n) is 2.61. The summed E-state index contributed by atoms with van der Waals surface area (Å²) in [6.07, 6.45) is 0.912. The van der Waals surface area contributed by atoms with Crippen LogP contribution in [0.2, 0.25) is 0 Å². The lowest BCUT2D eigenvalue weighted by Crippen LogP contribution is -2.37. The van der Waals surface area contributed by atoms with E-state index in [2.05, 4.69) is 18.4 Å². The van der Waals surface area contributed by atoms with E-state index in [1.165, 1.54) is 0 Å². The van der Waals surface area contributed by atoms with E-state index in [0.29, 0.717) is 24.0 Å². The van der Waals surface area contributed by atoms with Crippen molar-refractivity contribution in [2.45, 2.75) is 46.2 Å². The van der Waals surface area contributed by atoms with Crippen molar-refractivity contribution >= 4 is 11.0 Å². The van der Waals surface area contributed by atoms with E-state index in [4.69, 9.17) is 20.2 Å². The van der Waals surface area contributed by atoms with Crippen LogP contribution in [0, 0.1) is 5.92 Å². The van der Waals surface area contributed by atoms with Crippen molar-refractivity contribution in [2.24, 2.45) is 11.7 Å². The Morgan fingerprint density at radius 1 is 1.18 bits per heavy atom. The van der Waals surface area contributed by atoms with Gasteiger partial charge in [-0.05, 0) is 19.8 Å². The zero-order chi connectivity index (χ0) is 16.5. The number of ether oxygens (including phenoxy) is 2. The first kappa shape index (κ1) is 16.6. The number of fused-ring (bicyclic) bond motifs is 1. The average Bonchev–Trinajstić information content (AvgIpc) is 2.71. The highest BCUT2D eigenvalue weighted by molar-refractivity contribution is 5.80. The molecule has 122 valence electrons. The normalized spacial score (nSPS) is 12.2. The van der Waals surface area contributed by atoms with Crippen LogP contribution in [-0.4, -0.2) is 29.3 Å². The number of aromatic nitrogens is 2. The molecule has 0 atom stereocenters. The van der Waals surface area contributed by atoms with Gasteiger partial charge in [0.1, 0.15) is 5.82 Å². The summed E-state index contributed by atoms with van der Waals surface area (Å²) in [4.78, 5) is 4.79. The average molecular weight is 305 g/mol. The van der Waals surface area contributed by atoms with E-state index < -0.39 is 0 Å². The number of methoxy groups -OCH3 is 2. The molecule has 0 aliphatic rings. The van der Waals surface area contributed by atoms with E-state index in [1.54, 1.807) is 14.2 Å². The third-order valence-corrected chi connectivity index (χ3v) is 3.49. The Hall–Kier alpha value is -1.75. The summed E-state index contributed by atoms with van der Waals surface area (Å²) >= 11 is 0. The van der Waals surface area contributed by atoms with Crippen molar-refractivity contribution in [3.8, 4) is 11.5 Å². The zero-order valence-corrected chi connectivity index (χ0v) is 14.4. The third-order valence-electron chi connectivity index (χ3n) is 3.49. The number of rotatable bonds is 6. The number of benzene rings is 1. The van der Waals surface area contributed by atoms with Crippen molar-refractivity contribution in [3.63, 3.8) is 0 Å². The highest BCUT2D eigenvalue weighted by Gasteiger charge is 2.20. The topological polar surface area (TPSA) is 62.3 Å². The van der Waals surface area contributed by atoms with Crippen LogP contribution in [0.3, 0.4) is 0 Å². The summed E-state index contributed by atoms with van der Waals surface area (Å²) < 4.78 is 13.0. The maximum atomic E-state index is 6.24. The molecule has 1 heterocycles. The molecule has 0 radical (unpaired) electrons. The Kier molecular flexibility index (Phi) is 4.66. The Morgan fingerprint density at radius 3 is 2.27 bits per heavy atom. The lowest BCUT2D eigenvalue weighted by Gasteiger charge is -2.22. The second-order valence-corrected chi connectivity index (χ2v) is 6.90. The molecule has 0 fully saturated rings. The fourth-order valence-corrected chi connectivity index (χ4v) is 2.61. The van der Waals surface area contributed by atoms with Gasteiger partial charge in [-0.1, -0.05) is 13.8 Å². The van der Waals surface area contributed by atoms with Crippen LogP contribution in [0.1, 0.15) is 33.5 Å². The van der Waals surface area contributed by atoms with Crippen LogP contribution in [0.5, 0.6) is 11.5 Å². The summed E-state index contributed by atoms with van der Waals surface area (Å²) in [6, 6.07) is 3.91. The molecule has 5 nitrogen and oxygen atoms in total. The number of nitrogens with two attached hydrogens (primary N) is 1.